The van der Waals surface area contributed by atoms with E-state index in [2.05, 4.69) is 10.00 Å². The Morgan fingerprint density at radius 3 is 2.77 bits per heavy atom. The zero-order valence-corrected chi connectivity index (χ0v) is 12.4. The fourth-order valence-corrected chi connectivity index (χ4v) is 2.89. The van der Waals surface area contributed by atoms with Crippen LogP contribution in [0.15, 0.2) is 42.7 Å². The maximum Gasteiger partial charge on any atom is 0.250 e. The zero-order chi connectivity index (χ0) is 15.6. The molecule has 22 heavy (non-hydrogen) atoms. The molecule has 1 aliphatic rings. The van der Waals surface area contributed by atoms with Crippen molar-refractivity contribution < 1.29 is 9.90 Å². The monoisotopic (exact) mass is 300 g/mol. The van der Waals surface area contributed by atoms with Gasteiger partial charge >= 0.3 is 0 Å². The summed E-state index contributed by atoms with van der Waals surface area (Å²) in [5.41, 5.74) is 6.04. The van der Waals surface area contributed by atoms with Crippen LogP contribution >= 0.6 is 0 Å². The highest BCUT2D eigenvalue weighted by atomic mass is 16.3. The van der Waals surface area contributed by atoms with Gasteiger partial charge in [0.1, 0.15) is 0 Å². The van der Waals surface area contributed by atoms with Crippen LogP contribution in [0.3, 0.4) is 0 Å². The van der Waals surface area contributed by atoms with E-state index in [4.69, 9.17) is 5.73 Å². The molecule has 0 spiro atoms. The van der Waals surface area contributed by atoms with Crippen molar-refractivity contribution in [3.05, 3.63) is 48.3 Å². The maximum absolute atomic E-state index is 11.4. The van der Waals surface area contributed by atoms with Gasteiger partial charge in [0.2, 0.25) is 0 Å². The number of rotatable bonds is 4. The molecule has 1 aliphatic heterocycles. The van der Waals surface area contributed by atoms with Crippen molar-refractivity contribution in [2.24, 2.45) is 5.73 Å². The van der Waals surface area contributed by atoms with E-state index in [1.807, 2.05) is 36.5 Å². The first-order chi connectivity index (χ1) is 10.6. The van der Waals surface area contributed by atoms with Gasteiger partial charge in [-0.05, 0) is 43.1 Å². The molecule has 3 rings (SSSR count). The van der Waals surface area contributed by atoms with Gasteiger partial charge in [-0.2, -0.15) is 5.10 Å². The standard InChI is InChI=1S/C16H20N4O2/c17-15(21)16(22)7-1-9-19(12-16)11-13-3-5-14(6-4-13)20-10-2-8-18-20/h2-6,8,10,22H,1,7,9,11-12H2,(H2,17,21)/t16-/m0/s1. The first kappa shape index (κ1) is 14.7. The third kappa shape index (κ3) is 3.03. The number of aliphatic hydroxyl groups is 1. The van der Waals surface area contributed by atoms with Crippen molar-refractivity contribution in [1.82, 2.24) is 14.7 Å². The van der Waals surface area contributed by atoms with E-state index in [9.17, 15) is 9.90 Å². The van der Waals surface area contributed by atoms with Gasteiger partial charge in [0, 0.05) is 25.5 Å². The molecule has 1 aromatic carbocycles. The predicted molar refractivity (Wildman–Crippen MR) is 82.2 cm³/mol. The second kappa shape index (κ2) is 5.90. The molecule has 3 N–H and O–H groups in total. The lowest BCUT2D eigenvalue weighted by Gasteiger charge is -2.37. The number of amides is 1. The minimum absolute atomic E-state index is 0.295. The number of carbonyl (C=O) groups is 1. The van der Waals surface area contributed by atoms with Gasteiger partial charge in [-0.1, -0.05) is 12.1 Å². The Balaban J connectivity index is 1.67. The van der Waals surface area contributed by atoms with Gasteiger partial charge < -0.3 is 10.8 Å². The van der Waals surface area contributed by atoms with Crippen LogP contribution in [0.1, 0.15) is 18.4 Å². The molecule has 0 radical (unpaired) electrons. The summed E-state index contributed by atoms with van der Waals surface area (Å²) in [5, 5.41) is 14.4. The SMILES string of the molecule is NC(=O)[C@]1(O)CCCN(Cc2ccc(-n3cccn3)cc2)C1. The fourth-order valence-electron chi connectivity index (χ4n) is 2.89. The summed E-state index contributed by atoms with van der Waals surface area (Å²) in [4.78, 5) is 13.5. The summed E-state index contributed by atoms with van der Waals surface area (Å²) in [5.74, 6) is -0.633. The number of carbonyl (C=O) groups excluding carboxylic acids is 1. The molecular weight excluding hydrogens is 280 g/mol. The second-order valence-corrected chi connectivity index (χ2v) is 5.83. The number of hydrogen-bond acceptors (Lipinski definition) is 4. The van der Waals surface area contributed by atoms with Crippen LogP contribution in [-0.4, -0.2) is 44.4 Å². The van der Waals surface area contributed by atoms with Crippen molar-refractivity contribution in [1.29, 1.82) is 0 Å². The van der Waals surface area contributed by atoms with Gasteiger partial charge in [0.15, 0.2) is 5.60 Å². The zero-order valence-electron chi connectivity index (χ0n) is 12.4. The van der Waals surface area contributed by atoms with Crippen LogP contribution in [-0.2, 0) is 11.3 Å². The van der Waals surface area contributed by atoms with E-state index in [1.54, 1.807) is 10.9 Å². The summed E-state index contributed by atoms with van der Waals surface area (Å²) >= 11 is 0. The van der Waals surface area contributed by atoms with E-state index in [0.717, 1.165) is 24.2 Å². The smallest absolute Gasteiger partial charge is 0.250 e. The summed E-state index contributed by atoms with van der Waals surface area (Å²) in [6.07, 6.45) is 4.85. The van der Waals surface area contributed by atoms with Gasteiger partial charge in [-0.3, -0.25) is 9.69 Å². The van der Waals surface area contributed by atoms with Gasteiger partial charge in [-0.15, -0.1) is 0 Å². The molecule has 1 atom stereocenters. The topological polar surface area (TPSA) is 84.4 Å². The molecule has 1 saturated heterocycles. The number of piperidine rings is 1. The van der Waals surface area contributed by atoms with Gasteiger partial charge in [0.05, 0.1) is 5.69 Å². The van der Waals surface area contributed by atoms with Gasteiger partial charge in [-0.25, -0.2) is 4.68 Å². The lowest BCUT2D eigenvalue weighted by atomic mass is 9.92. The Morgan fingerprint density at radius 2 is 2.14 bits per heavy atom. The van der Waals surface area contributed by atoms with E-state index >= 15 is 0 Å². The predicted octanol–water partition coefficient (Wildman–Crippen LogP) is 0.684. The maximum atomic E-state index is 11.4. The van der Waals surface area contributed by atoms with Crippen molar-refractivity contribution in [2.75, 3.05) is 13.1 Å². The summed E-state index contributed by atoms with van der Waals surface area (Å²) in [7, 11) is 0. The molecule has 1 aromatic heterocycles. The quantitative estimate of drug-likeness (QED) is 0.870. The number of nitrogens with zero attached hydrogens (tertiary/aromatic N) is 3. The molecular formula is C16H20N4O2. The molecule has 2 heterocycles. The van der Waals surface area contributed by atoms with E-state index in [0.29, 0.717) is 19.5 Å². The molecule has 2 aromatic rings. The summed E-state index contributed by atoms with van der Waals surface area (Å²) in [6, 6.07) is 9.97. The van der Waals surface area contributed by atoms with Crippen molar-refractivity contribution in [2.45, 2.75) is 25.0 Å². The van der Waals surface area contributed by atoms with E-state index < -0.39 is 11.5 Å². The Bertz CT molecular complexity index is 639. The number of hydrogen-bond donors (Lipinski definition) is 2. The first-order valence-corrected chi connectivity index (χ1v) is 7.40. The van der Waals surface area contributed by atoms with E-state index in [1.165, 1.54) is 0 Å². The van der Waals surface area contributed by atoms with Crippen LogP contribution in [0.5, 0.6) is 0 Å². The highest BCUT2D eigenvalue weighted by molar-refractivity contribution is 5.83. The molecule has 6 nitrogen and oxygen atoms in total. The number of benzene rings is 1. The average molecular weight is 300 g/mol. The molecule has 116 valence electrons. The van der Waals surface area contributed by atoms with E-state index in [-0.39, 0.29) is 0 Å². The number of β-amino-alcohol motifs (C(OH)–C–C–N with tert-alkyl or cyclic N) is 1. The second-order valence-electron chi connectivity index (χ2n) is 5.83. The fraction of sp³-hybridized carbons (Fsp3) is 0.375. The van der Waals surface area contributed by atoms with Crippen LogP contribution in [0.2, 0.25) is 0 Å². The lowest BCUT2D eigenvalue weighted by molar-refractivity contribution is -0.142. The van der Waals surface area contributed by atoms with Crippen molar-refractivity contribution >= 4 is 5.91 Å². The van der Waals surface area contributed by atoms with Crippen molar-refractivity contribution in [3.63, 3.8) is 0 Å². The number of aromatic nitrogens is 2. The number of likely N-dealkylation sites (tertiary alicyclic amines) is 1. The third-order valence-corrected chi connectivity index (χ3v) is 4.12. The molecule has 1 fully saturated rings. The molecule has 0 bridgehead atoms. The van der Waals surface area contributed by atoms with Crippen LogP contribution in [0, 0.1) is 0 Å². The largest absolute Gasteiger partial charge is 0.379 e. The Hall–Kier alpha value is -2.18. The van der Waals surface area contributed by atoms with Crippen LogP contribution in [0.4, 0.5) is 0 Å². The lowest BCUT2D eigenvalue weighted by Crippen LogP contribution is -2.55. The molecule has 0 unspecified atom stereocenters. The minimum atomic E-state index is -1.40. The minimum Gasteiger partial charge on any atom is -0.379 e. The number of primary amides is 1. The average Bonchev–Trinajstić information content (AvgIpc) is 3.02. The van der Waals surface area contributed by atoms with Crippen LogP contribution < -0.4 is 5.73 Å². The third-order valence-electron chi connectivity index (χ3n) is 4.12. The molecule has 1 amide bonds. The number of nitrogens with two attached hydrogens (primary N) is 1. The van der Waals surface area contributed by atoms with Crippen molar-refractivity contribution in [3.8, 4) is 5.69 Å². The summed E-state index contributed by atoms with van der Waals surface area (Å²) in [6.45, 7) is 1.84. The molecule has 0 aliphatic carbocycles. The van der Waals surface area contributed by atoms with Crippen LogP contribution in [0.25, 0.3) is 5.69 Å². The highest BCUT2D eigenvalue weighted by Crippen LogP contribution is 2.22. The summed E-state index contributed by atoms with van der Waals surface area (Å²) < 4.78 is 1.80. The Labute approximate surface area is 129 Å². The Kier molecular flexibility index (Phi) is 3.96. The highest BCUT2D eigenvalue weighted by Gasteiger charge is 2.38. The normalized spacial score (nSPS) is 22.6. The Morgan fingerprint density at radius 1 is 1.36 bits per heavy atom. The molecule has 6 heteroatoms. The first-order valence-electron chi connectivity index (χ1n) is 7.40. The van der Waals surface area contributed by atoms with Gasteiger partial charge in [0.25, 0.3) is 5.91 Å². The molecule has 0 saturated carbocycles.